The second-order valence-electron chi connectivity index (χ2n) is 6.45. The maximum absolute atomic E-state index is 11.4. The molecule has 0 bridgehead atoms. The van der Waals surface area contributed by atoms with Gasteiger partial charge >= 0.3 is 5.97 Å². The summed E-state index contributed by atoms with van der Waals surface area (Å²) in [6.07, 6.45) is 0.642. The van der Waals surface area contributed by atoms with E-state index >= 15 is 0 Å². The number of benzene rings is 3. The van der Waals surface area contributed by atoms with Crippen molar-refractivity contribution in [3.05, 3.63) is 75.6 Å². The number of H-pyrrole nitrogens is 1. The van der Waals surface area contributed by atoms with Crippen LogP contribution in [0.4, 0.5) is 0 Å². The number of halogens is 1. The molecule has 1 heterocycles. The van der Waals surface area contributed by atoms with Gasteiger partial charge in [0.2, 0.25) is 0 Å². The zero-order valence-corrected chi connectivity index (χ0v) is 16.1. The van der Waals surface area contributed by atoms with Crippen molar-refractivity contribution < 1.29 is 9.90 Å². The number of aromatic amines is 1. The summed E-state index contributed by atoms with van der Waals surface area (Å²) < 4.78 is 1.13. The van der Waals surface area contributed by atoms with Crippen LogP contribution in [0.5, 0.6) is 0 Å². The number of hydrogen-bond acceptors (Lipinski definition) is 2. The van der Waals surface area contributed by atoms with E-state index in [-0.39, 0.29) is 12.3 Å². The molecule has 4 nitrogen and oxygen atoms in total. The van der Waals surface area contributed by atoms with Gasteiger partial charge in [-0.25, -0.2) is 4.98 Å². The van der Waals surface area contributed by atoms with Crippen LogP contribution in [0.25, 0.3) is 21.8 Å². The van der Waals surface area contributed by atoms with Crippen molar-refractivity contribution >= 4 is 50.4 Å². The summed E-state index contributed by atoms with van der Waals surface area (Å²) in [6, 6.07) is 20.4. The van der Waals surface area contributed by atoms with E-state index in [1.54, 1.807) is 0 Å². The normalized spacial score (nSPS) is 12.5. The third kappa shape index (κ3) is 3.58. The molecule has 5 heteroatoms. The Labute approximate surface area is 164 Å². The Morgan fingerprint density at radius 2 is 1.88 bits per heavy atom. The molecule has 0 fully saturated rings. The molecular weight excluding hydrogens is 439 g/mol. The van der Waals surface area contributed by atoms with Gasteiger partial charge in [0, 0.05) is 15.9 Å². The van der Waals surface area contributed by atoms with Crippen LogP contribution in [0.1, 0.15) is 23.7 Å². The molecule has 4 rings (SSSR count). The van der Waals surface area contributed by atoms with Crippen molar-refractivity contribution in [1.82, 2.24) is 9.97 Å². The summed E-state index contributed by atoms with van der Waals surface area (Å²) in [5, 5.41) is 11.7. The third-order valence-corrected chi connectivity index (χ3v) is 5.27. The molecule has 0 aliphatic rings. The van der Waals surface area contributed by atoms with Crippen molar-refractivity contribution in [2.45, 2.75) is 18.8 Å². The van der Waals surface area contributed by atoms with E-state index in [9.17, 15) is 9.90 Å². The first-order chi connectivity index (χ1) is 12.6. The van der Waals surface area contributed by atoms with Gasteiger partial charge in [-0.15, -0.1) is 0 Å². The second kappa shape index (κ2) is 7.07. The highest BCUT2D eigenvalue weighted by Crippen LogP contribution is 2.28. The predicted molar refractivity (Wildman–Crippen MR) is 111 cm³/mol. The van der Waals surface area contributed by atoms with Crippen LogP contribution < -0.4 is 0 Å². The molecule has 3 aromatic carbocycles. The summed E-state index contributed by atoms with van der Waals surface area (Å²) >= 11 is 2.26. The Balaban J connectivity index is 1.69. The summed E-state index contributed by atoms with van der Waals surface area (Å²) in [4.78, 5) is 19.4. The van der Waals surface area contributed by atoms with Crippen LogP contribution in [0.15, 0.2) is 60.7 Å². The molecule has 2 N–H and O–H groups in total. The summed E-state index contributed by atoms with van der Waals surface area (Å²) in [5.74, 6) is -0.105. The van der Waals surface area contributed by atoms with E-state index in [2.05, 4.69) is 56.8 Å². The number of carbonyl (C=O) groups is 1. The molecule has 1 atom stereocenters. The first kappa shape index (κ1) is 17.0. The molecule has 1 unspecified atom stereocenters. The van der Waals surface area contributed by atoms with Gasteiger partial charge in [-0.05, 0) is 57.1 Å². The molecular formula is C21H17IN2O2. The quantitative estimate of drug-likeness (QED) is 0.410. The largest absolute Gasteiger partial charge is 0.481 e. The molecule has 0 aliphatic carbocycles. The van der Waals surface area contributed by atoms with Gasteiger partial charge in [0.05, 0.1) is 17.5 Å². The third-order valence-electron chi connectivity index (χ3n) is 4.60. The number of nitrogens with one attached hydrogen (secondary N) is 1. The maximum Gasteiger partial charge on any atom is 0.303 e. The molecule has 0 amide bonds. The van der Waals surface area contributed by atoms with Crippen LogP contribution in [0, 0.1) is 3.57 Å². The highest BCUT2D eigenvalue weighted by Gasteiger charge is 2.19. The topological polar surface area (TPSA) is 66.0 Å². The van der Waals surface area contributed by atoms with E-state index in [0.717, 1.165) is 36.8 Å². The fourth-order valence-corrected chi connectivity index (χ4v) is 3.82. The summed E-state index contributed by atoms with van der Waals surface area (Å²) in [7, 11) is 0. The van der Waals surface area contributed by atoms with Gasteiger partial charge in [0.1, 0.15) is 5.82 Å². The molecule has 4 aromatic rings. The molecule has 1 aromatic heterocycles. The monoisotopic (exact) mass is 456 g/mol. The lowest BCUT2D eigenvalue weighted by molar-refractivity contribution is -0.137. The fraction of sp³-hybridized carbons (Fsp3) is 0.143. The Bertz CT molecular complexity index is 1100. The van der Waals surface area contributed by atoms with Crippen LogP contribution in [-0.4, -0.2) is 21.0 Å². The zero-order valence-electron chi connectivity index (χ0n) is 13.9. The van der Waals surface area contributed by atoms with Crippen LogP contribution >= 0.6 is 22.6 Å². The maximum atomic E-state index is 11.4. The van der Waals surface area contributed by atoms with Gasteiger partial charge in [-0.2, -0.15) is 0 Å². The molecule has 0 saturated heterocycles. The van der Waals surface area contributed by atoms with Crippen molar-refractivity contribution in [1.29, 1.82) is 0 Å². The standard InChI is InChI=1S/C21H17IN2O2/c22-17-7-8-18-19(12-17)24-20(23-18)10-16(11-21(25)26)15-6-5-13-3-1-2-4-14(13)9-15/h1-9,12,16H,10-11H2,(H,23,24)(H,25,26). The number of carboxylic acids is 1. The first-order valence-corrected chi connectivity index (χ1v) is 9.51. The van der Waals surface area contributed by atoms with Gasteiger partial charge < -0.3 is 10.1 Å². The molecule has 0 spiro atoms. The van der Waals surface area contributed by atoms with Crippen LogP contribution in [0.2, 0.25) is 0 Å². The smallest absolute Gasteiger partial charge is 0.303 e. The predicted octanol–water partition coefficient (Wildman–Crippen LogP) is 5.12. The van der Waals surface area contributed by atoms with Crippen molar-refractivity contribution in [3.63, 3.8) is 0 Å². The Hall–Kier alpha value is -2.41. The Kier molecular flexibility index (Phi) is 4.63. The summed E-state index contributed by atoms with van der Waals surface area (Å²) in [5.41, 5.74) is 2.92. The van der Waals surface area contributed by atoms with E-state index < -0.39 is 5.97 Å². The van der Waals surface area contributed by atoms with Gasteiger partial charge in [0.15, 0.2) is 0 Å². The highest BCUT2D eigenvalue weighted by molar-refractivity contribution is 14.1. The minimum Gasteiger partial charge on any atom is -0.481 e. The average Bonchev–Trinajstić information content (AvgIpc) is 3.01. The number of imidazole rings is 1. The Morgan fingerprint density at radius 3 is 2.69 bits per heavy atom. The molecule has 26 heavy (non-hydrogen) atoms. The number of carboxylic acid groups (broad SMARTS) is 1. The minimum atomic E-state index is -0.797. The second-order valence-corrected chi connectivity index (χ2v) is 7.70. The number of fused-ring (bicyclic) bond motifs is 2. The van der Waals surface area contributed by atoms with Crippen LogP contribution in [-0.2, 0) is 11.2 Å². The lowest BCUT2D eigenvalue weighted by Gasteiger charge is -2.15. The van der Waals surface area contributed by atoms with E-state index in [1.807, 2.05) is 36.4 Å². The number of aromatic nitrogens is 2. The lowest BCUT2D eigenvalue weighted by atomic mass is 9.90. The number of rotatable bonds is 5. The van der Waals surface area contributed by atoms with Gasteiger partial charge in [0.25, 0.3) is 0 Å². The molecule has 130 valence electrons. The molecule has 0 aliphatic heterocycles. The van der Waals surface area contributed by atoms with Crippen molar-refractivity contribution in [2.24, 2.45) is 0 Å². The Morgan fingerprint density at radius 1 is 1.08 bits per heavy atom. The number of nitrogens with zero attached hydrogens (tertiary/aromatic N) is 1. The molecule has 0 saturated carbocycles. The van der Waals surface area contributed by atoms with Crippen molar-refractivity contribution in [2.75, 3.05) is 0 Å². The average molecular weight is 456 g/mol. The van der Waals surface area contributed by atoms with E-state index in [4.69, 9.17) is 0 Å². The minimum absolute atomic E-state index is 0.0763. The molecule has 0 radical (unpaired) electrons. The van der Waals surface area contributed by atoms with Crippen LogP contribution in [0.3, 0.4) is 0 Å². The lowest BCUT2D eigenvalue weighted by Crippen LogP contribution is -2.10. The highest BCUT2D eigenvalue weighted by atomic mass is 127. The first-order valence-electron chi connectivity index (χ1n) is 8.43. The van der Waals surface area contributed by atoms with Crippen molar-refractivity contribution in [3.8, 4) is 0 Å². The van der Waals surface area contributed by atoms with Gasteiger partial charge in [-0.1, -0.05) is 42.5 Å². The zero-order chi connectivity index (χ0) is 18.1. The number of hydrogen-bond donors (Lipinski definition) is 2. The SMILES string of the molecule is O=C(O)CC(Cc1nc2cc(I)ccc2[nH]1)c1ccc2ccccc2c1. The summed E-state index contributed by atoms with van der Waals surface area (Å²) in [6.45, 7) is 0. The van der Waals surface area contributed by atoms with Gasteiger partial charge in [-0.3, -0.25) is 4.79 Å². The fourth-order valence-electron chi connectivity index (χ4n) is 3.34. The van der Waals surface area contributed by atoms with E-state index in [1.165, 1.54) is 0 Å². The van der Waals surface area contributed by atoms with E-state index in [0.29, 0.717) is 6.42 Å². The number of aliphatic carboxylic acids is 1.